The Labute approximate surface area is 177 Å². The van der Waals surface area contributed by atoms with Gasteiger partial charge in [-0.05, 0) is 25.0 Å². The van der Waals surface area contributed by atoms with Crippen molar-refractivity contribution >= 4 is 22.5 Å². The quantitative estimate of drug-likeness (QED) is 0.650. The average molecular weight is 410 g/mol. The van der Waals surface area contributed by atoms with Gasteiger partial charge in [0, 0.05) is 46.4 Å². The zero-order valence-electron chi connectivity index (χ0n) is 18.8. The smallest absolute Gasteiger partial charge is 0.238 e. The van der Waals surface area contributed by atoms with Crippen LogP contribution in [-0.2, 0) is 18.3 Å². The highest BCUT2D eigenvalue weighted by Gasteiger charge is 2.30. The van der Waals surface area contributed by atoms with Crippen LogP contribution in [-0.4, -0.2) is 27.7 Å². The fourth-order valence-electron chi connectivity index (χ4n) is 3.80. The van der Waals surface area contributed by atoms with Gasteiger partial charge in [-0.15, -0.1) is 0 Å². The van der Waals surface area contributed by atoms with Gasteiger partial charge in [0.15, 0.2) is 0 Å². The number of anilines is 1. The van der Waals surface area contributed by atoms with E-state index in [-0.39, 0.29) is 5.91 Å². The Morgan fingerprint density at radius 3 is 2.57 bits per heavy atom. The molecule has 3 rings (SSSR count). The first kappa shape index (κ1) is 21.8. The van der Waals surface area contributed by atoms with Gasteiger partial charge in [-0.2, -0.15) is 0 Å². The van der Waals surface area contributed by atoms with Gasteiger partial charge in [-0.25, -0.2) is 4.98 Å². The Morgan fingerprint density at radius 1 is 1.30 bits per heavy atom. The van der Waals surface area contributed by atoms with Gasteiger partial charge in [0.1, 0.15) is 11.8 Å². The molecule has 0 aliphatic heterocycles. The molecule has 1 aromatic carbocycles. The number of aryl methyl sites for hydroxylation is 2. The number of carbonyl (C=O) groups excluding carboxylic acids is 1. The molecule has 2 aromatic heterocycles. The minimum atomic E-state index is -0.947. The molecule has 1 unspecified atom stereocenters. The zero-order valence-corrected chi connectivity index (χ0v) is 18.8. The van der Waals surface area contributed by atoms with E-state index < -0.39 is 11.5 Å². The van der Waals surface area contributed by atoms with Crippen LogP contribution in [0.5, 0.6) is 5.88 Å². The lowest BCUT2D eigenvalue weighted by Crippen LogP contribution is -2.29. The SMILES string of the molecule is CCc1c(C)nc(OC)c(NC(=O)C(C)(C)C)c1C(O)c1cn(C)c2ccccc12. The topological polar surface area (TPSA) is 76.4 Å². The first-order valence-corrected chi connectivity index (χ1v) is 10.2. The number of carbonyl (C=O) groups is 1. The number of hydrogen-bond donors (Lipinski definition) is 2. The second-order valence-electron chi connectivity index (χ2n) is 8.65. The summed E-state index contributed by atoms with van der Waals surface area (Å²) in [7, 11) is 3.48. The number of nitrogens with one attached hydrogen (secondary N) is 1. The van der Waals surface area contributed by atoms with E-state index in [1.165, 1.54) is 7.11 Å². The molecule has 0 spiro atoms. The maximum absolute atomic E-state index is 12.8. The third-order valence-corrected chi connectivity index (χ3v) is 5.48. The van der Waals surface area contributed by atoms with Crippen LogP contribution in [0.3, 0.4) is 0 Å². The molecule has 1 atom stereocenters. The molecule has 0 aliphatic rings. The van der Waals surface area contributed by atoms with E-state index in [9.17, 15) is 9.90 Å². The van der Waals surface area contributed by atoms with E-state index in [0.717, 1.165) is 27.7 Å². The standard InChI is InChI=1S/C24H31N3O3/c1-8-15-14(2)25-22(30-7)20(26-23(29)24(3,4)5)19(15)21(28)17-13-27(6)18-12-10-9-11-16(17)18/h9-13,21,28H,8H2,1-7H3,(H,26,29). The Bertz CT molecular complexity index is 1090. The summed E-state index contributed by atoms with van der Waals surface area (Å²) in [6, 6.07) is 7.95. The molecule has 0 saturated carbocycles. The van der Waals surface area contributed by atoms with Gasteiger partial charge in [0.25, 0.3) is 0 Å². The van der Waals surface area contributed by atoms with Crippen molar-refractivity contribution in [3.63, 3.8) is 0 Å². The van der Waals surface area contributed by atoms with E-state index in [4.69, 9.17) is 4.74 Å². The maximum Gasteiger partial charge on any atom is 0.238 e. The van der Waals surface area contributed by atoms with E-state index in [2.05, 4.69) is 10.3 Å². The average Bonchev–Trinajstić information content (AvgIpc) is 3.04. The third kappa shape index (κ3) is 3.79. The number of nitrogens with zero attached hydrogens (tertiary/aromatic N) is 2. The number of amides is 1. The fraction of sp³-hybridized carbons (Fsp3) is 0.417. The summed E-state index contributed by atoms with van der Waals surface area (Å²) in [6.45, 7) is 9.45. The molecule has 6 nitrogen and oxygen atoms in total. The maximum atomic E-state index is 12.8. The number of aliphatic hydroxyl groups is 1. The monoisotopic (exact) mass is 409 g/mol. The molecule has 0 saturated heterocycles. The van der Waals surface area contributed by atoms with Gasteiger partial charge >= 0.3 is 0 Å². The van der Waals surface area contributed by atoms with Crippen molar-refractivity contribution < 1.29 is 14.6 Å². The van der Waals surface area contributed by atoms with Crippen molar-refractivity contribution in [1.82, 2.24) is 9.55 Å². The summed E-state index contributed by atoms with van der Waals surface area (Å²) < 4.78 is 7.51. The molecule has 30 heavy (non-hydrogen) atoms. The first-order valence-electron chi connectivity index (χ1n) is 10.2. The highest BCUT2D eigenvalue weighted by Crippen LogP contribution is 2.41. The van der Waals surface area contributed by atoms with Gasteiger partial charge in [0.2, 0.25) is 11.8 Å². The summed E-state index contributed by atoms with van der Waals surface area (Å²) in [6.07, 6.45) is 1.65. The molecular weight excluding hydrogens is 378 g/mol. The number of aliphatic hydroxyl groups excluding tert-OH is 1. The molecule has 1 amide bonds. The number of hydrogen-bond acceptors (Lipinski definition) is 4. The van der Waals surface area contributed by atoms with Gasteiger partial charge in [0.05, 0.1) is 7.11 Å². The lowest BCUT2D eigenvalue weighted by Gasteiger charge is -2.25. The molecule has 2 N–H and O–H groups in total. The van der Waals surface area contributed by atoms with Crippen LogP contribution >= 0.6 is 0 Å². The summed E-state index contributed by atoms with van der Waals surface area (Å²) in [5, 5.41) is 15.6. The van der Waals surface area contributed by atoms with Gasteiger partial charge < -0.3 is 19.7 Å². The lowest BCUT2D eigenvalue weighted by atomic mass is 9.91. The van der Waals surface area contributed by atoms with Crippen molar-refractivity contribution in [3.8, 4) is 5.88 Å². The molecule has 0 fully saturated rings. The van der Waals surface area contributed by atoms with Crippen molar-refractivity contribution in [2.75, 3.05) is 12.4 Å². The van der Waals surface area contributed by atoms with Crippen molar-refractivity contribution in [2.24, 2.45) is 12.5 Å². The second kappa shape index (κ2) is 8.11. The normalized spacial score (nSPS) is 12.8. The van der Waals surface area contributed by atoms with Crippen molar-refractivity contribution in [1.29, 1.82) is 0 Å². The van der Waals surface area contributed by atoms with Crippen LogP contribution < -0.4 is 10.1 Å². The zero-order chi connectivity index (χ0) is 22.2. The number of fused-ring (bicyclic) bond motifs is 1. The van der Waals surface area contributed by atoms with Crippen LogP contribution in [0.2, 0.25) is 0 Å². The predicted molar refractivity (Wildman–Crippen MR) is 120 cm³/mol. The molecule has 2 heterocycles. The van der Waals surface area contributed by atoms with E-state index in [1.54, 1.807) is 0 Å². The molecule has 0 aliphatic carbocycles. The number of ether oxygens (including phenoxy) is 1. The number of aromatic nitrogens is 2. The van der Waals surface area contributed by atoms with E-state index in [1.807, 2.05) is 76.7 Å². The third-order valence-electron chi connectivity index (χ3n) is 5.48. The summed E-state index contributed by atoms with van der Waals surface area (Å²) >= 11 is 0. The Morgan fingerprint density at radius 2 is 1.97 bits per heavy atom. The first-order chi connectivity index (χ1) is 14.1. The molecule has 6 heteroatoms. The number of benzene rings is 1. The molecule has 160 valence electrons. The number of pyridine rings is 1. The van der Waals surface area contributed by atoms with Gasteiger partial charge in [-0.3, -0.25) is 4.79 Å². The highest BCUT2D eigenvalue weighted by atomic mass is 16.5. The molecular formula is C24H31N3O3. The van der Waals surface area contributed by atoms with E-state index in [0.29, 0.717) is 23.6 Å². The number of rotatable bonds is 5. The minimum Gasteiger partial charge on any atom is -0.479 e. The van der Waals surface area contributed by atoms with Crippen LogP contribution in [0.1, 0.15) is 56.2 Å². The summed E-state index contributed by atoms with van der Waals surface area (Å²) in [4.78, 5) is 17.4. The largest absolute Gasteiger partial charge is 0.479 e. The fourth-order valence-corrected chi connectivity index (χ4v) is 3.80. The highest BCUT2D eigenvalue weighted by molar-refractivity contribution is 5.97. The van der Waals surface area contributed by atoms with Crippen molar-refractivity contribution in [2.45, 2.75) is 47.1 Å². The van der Waals surface area contributed by atoms with Gasteiger partial charge in [-0.1, -0.05) is 45.9 Å². The van der Waals surface area contributed by atoms with E-state index >= 15 is 0 Å². The molecule has 3 aromatic rings. The molecule has 0 bridgehead atoms. The van der Waals surface area contributed by atoms with Crippen LogP contribution in [0.4, 0.5) is 5.69 Å². The van der Waals surface area contributed by atoms with Crippen LogP contribution in [0, 0.1) is 12.3 Å². The summed E-state index contributed by atoms with van der Waals surface area (Å²) in [5.41, 5.74) is 3.95. The predicted octanol–water partition coefficient (Wildman–Crippen LogP) is 4.52. The number of methoxy groups -OCH3 is 1. The Balaban J connectivity index is 2.27. The van der Waals surface area contributed by atoms with Crippen molar-refractivity contribution in [3.05, 3.63) is 52.8 Å². The minimum absolute atomic E-state index is 0.167. The Kier molecular flexibility index (Phi) is 5.90. The van der Waals surface area contributed by atoms with Crippen LogP contribution in [0.15, 0.2) is 30.5 Å². The molecule has 0 radical (unpaired) electrons. The second-order valence-corrected chi connectivity index (χ2v) is 8.65. The van der Waals surface area contributed by atoms with Crippen LogP contribution in [0.25, 0.3) is 10.9 Å². The Hall–Kier alpha value is -2.86. The lowest BCUT2D eigenvalue weighted by molar-refractivity contribution is -0.123. The summed E-state index contributed by atoms with van der Waals surface area (Å²) in [5.74, 6) is 0.136. The number of para-hydroxylation sites is 1.